The first-order valence-corrected chi connectivity index (χ1v) is 23.9. The maximum absolute atomic E-state index is 6.43. The molecule has 4 heterocycles. The third kappa shape index (κ3) is 11.8. The molecule has 0 unspecified atom stereocenters. The number of nitrogens with zero attached hydrogens (tertiary/aromatic N) is 4. The van der Waals surface area contributed by atoms with E-state index in [0.717, 1.165) is 91.8 Å². The largest absolute Gasteiger partial charge is 0.342 e. The van der Waals surface area contributed by atoms with Gasteiger partial charge in [0.2, 0.25) is 0 Å². The molecule has 0 spiro atoms. The van der Waals surface area contributed by atoms with Gasteiger partial charge in [-0.3, -0.25) is 9.98 Å². The third-order valence-corrected chi connectivity index (χ3v) is 13.6. The molecule has 2 aliphatic rings. The van der Waals surface area contributed by atoms with Crippen LogP contribution in [0.3, 0.4) is 0 Å². The molecule has 8 rings (SSSR count). The van der Waals surface area contributed by atoms with Gasteiger partial charge in [-0.1, -0.05) is 133 Å². The Kier molecular flexibility index (Phi) is 14.0. The number of rotatable bonds is 5. The minimum Gasteiger partial charge on any atom is -0.342 e. The fourth-order valence-corrected chi connectivity index (χ4v) is 7.89. The minimum absolute atomic E-state index is 0.00172. The van der Waals surface area contributed by atoms with Crippen molar-refractivity contribution >= 4 is 33.8 Å². The topological polar surface area (TPSA) is 134 Å². The molecule has 4 atom stereocenters. The summed E-state index contributed by atoms with van der Waals surface area (Å²) < 4.78 is 0. The van der Waals surface area contributed by atoms with E-state index in [1.54, 1.807) is 0 Å². The van der Waals surface area contributed by atoms with Crippen molar-refractivity contribution in [2.45, 2.75) is 134 Å². The Labute approximate surface area is 405 Å². The molecule has 8 nitrogen and oxygen atoms in total. The zero-order valence-corrected chi connectivity index (χ0v) is 42.8. The lowest BCUT2D eigenvalue weighted by Crippen LogP contribution is -2.42. The summed E-state index contributed by atoms with van der Waals surface area (Å²) in [5.74, 6) is 21.6. The quantitative estimate of drug-likeness (QED) is 0.128. The summed E-state index contributed by atoms with van der Waals surface area (Å²) in [6, 6.07) is 26.6. The molecule has 2 aliphatic heterocycles. The van der Waals surface area contributed by atoms with E-state index < -0.39 is 0 Å². The molecule has 350 valence electrons. The van der Waals surface area contributed by atoms with E-state index in [0.29, 0.717) is 11.8 Å². The van der Waals surface area contributed by atoms with E-state index in [4.69, 9.17) is 26.4 Å². The summed E-state index contributed by atoms with van der Waals surface area (Å²) in [5, 5.41) is 0. The van der Waals surface area contributed by atoms with Crippen molar-refractivity contribution < 1.29 is 0 Å². The molecule has 0 amide bonds. The highest BCUT2D eigenvalue weighted by atomic mass is 14.9. The zero-order chi connectivity index (χ0) is 49.3. The second-order valence-electron chi connectivity index (χ2n) is 23.0. The van der Waals surface area contributed by atoms with Crippen LogP contribution in [-0.2, 0) is 12.8 Å². The molecule has 0 aliphatic carbocycles. The number of fused-ring (bicyclic) bond motifs is 3. The number of imidazole rings is 2. The van der Waals surface area contributed by atoms with Crippen LogP contribution in [0.25, 0.3) is 22.3 Å². The van der Waals surface area contributed by atoms with Gasteiger partial charge >= 0.3 is 0 Å². The number of aromatic nitrogens is 4. The normalized spacial score (nSPS) is 15.1. The summed E-state index contributed by atoms with van der Waals surface area (Å²) in [7, 11) is 0. The van der Waals surface area contributed by atoms with Crippen molar-refractivity contribution in [2.24, 2.45) is 43.1 Å². The predicted molar refractivity (Wildman–Crippen MR) is 285 cm³/mol. The van der Waals surface area contributed by atoms with Crippen LogP contribution in [0.1, 0.15) is 154 Å². The number of hydrogen-bond acceptors (Lipinski definition) is 6. The zero-order valence-electron chi connectivity index (χ0n) is 42.8. The molecule has 0 bridgehead atoms. The SMILES string of the molecule is C[C@H](c1nc2ccc(C#CC#Cc3ccc4c(c3)CC([C@@H](N)C(C)(C)C)=N4)cc2[nH]1)C(C)(C)C.C[C@H](c1ncc(-c2ccc(C#Cc3ccc4c(c3)CC([C@@H](N)C(C)(C)C)=N4)cc2)[nH]1)C(C)(C)C. The van der Waals surface area contributed by atoms with Gasteiger partial charge in [0.15, 0.2) is 0 Å². The van der Waals surface area contributed by atoms with Gasteiger partial charge in [0, 0.05) is 70.4 Å². The highest BCUT2D eigenvalue weighted by molar-refractivity contribution is 5.99. The molecular weight excluding hydrogens is 833 g/mol. The van der Waals surface area contributed by atoms with Gasteiger partial charge < -0.3 is 21.4 Å². The van der Waals surface area contributed by atoms with Crippen LogP contribution in [0.4, 0.5) is 11.4 Å². The fraction of sp³-hybridized carbons (Fsp3) is 0.400. The van der Waals surface area contributed by atoms with Crippen molar-refractivity contribution in [3.8, 4) is 46.8 Å². The second kappa shape index (κ2) is 19.2. The van der Waals surface area contributed by atoms with E-state index in [2.05, 4.69) is 190 Å². The molecule has 68 heavy (non-hydrogen) atoms. The highest BCUT2D eigenvalue weighted by Gasteiger charge is 2.31. The molecular formula is C60H70N8. The Morgan fingerprint density at radius 1 is 0.515 bits per heavy atom. The van der Waals surface area contributed by atoms with Gasteiger partial charge in [0.25, 0.3) is 0 Å². The standard InChI is InChI=1S/C30H36N4.C30H34N4/c1-19(29(2,3)4)28-32-18-26(34-28)22-13-10-20(11-14-22)8-9-21-12-15-24-23(16-21)17-25(33-24)27(31)30(5,6)7;1-19(29(2,3)4)28-33-24-15-13-21(17-25(24)34-28)11-9-8-10-20-12-14-23-22(16-20)18-26(32-23)27(31)30(5,6)7/h10-16,18-19,27H,17,31H2,1-7H3,(H,32,34);12-17,19,27H,18,31H2,1-7H3,(H,33,34)/t2*19-,27-/m11/s1. The van der Waals surface area contributed by atoms with Crippen molar-refractivity contribution in [1.29, 1.82) is 0 Å². The summed E-state index contributed by atoms with van der Waals surface area (Å²) in [6.45, 7) is 30.7. The number of aromatic amines is 2. The molecule has 6 N–H and O–H groups in total. The van der Waals surface area contributed by atoms with Crippen LogP contribution in [0.2, 0.25) is 0 Å². The molecule has 0 radical (unpaired) electrons. The number of nitrogens with two attached hydrogens (primary N) is 2. The average molecular weight is 903 g/mol. The van der Waals surface area contributed by atoms with E-state index >= 15 is 0 Å². The van der Waals surface area contributed by atoms with Crippen LogP contribution in [0.5, 0.6) is 0 Å². The van der Waals surface area contributed by atoms with Crippen molar-refractivity contribution in [1.82, 2.24) is 19.9 Å². The van der Waals surface area contributed by atoms with Gasteiger partial charge in [-0.25, -0.2) is 9.97 Å². The summed E-state index contributed by atoms with van der Waals surface area (Å²) in [5.41, 5.74) is 27.6. The first-order chi connectivity index (χ1) is 31.8. The molecule has 4 aromatic carbocycles. The highest BCUT2D eigenvalue weighted by Crippen LogP contribution is 2.36. The Morgan fingerprint density at radius 3 is 1.49 bits per heavy atom. The van der Waals surface area contributed by atoms with Crippen molar-refractivity contribution in [2.75, 3.05) is 0 Å². The van der Waals surface area contributed by atoms with Crippen LogP contribution in [0, 0.1) is 57.2 Å². The van der Waals surface area contributed by atoms with E-state index in [1.165, 1.54) is 11.1 Å². The van der Waals surface area contributed by atoms with E-state index in [9.17, 15) is 0 Å². The third-order valence-electron chi connectivity index (χ3n) is 13.6. The lowest BCUT2D eigenvalue weighted by Gasteiger charge is -2.27. The summed E-state index contributed by atoms with van der Waals surface area (Å²) in [4.78, 5) is 25.9. The monoisotopic (exact) mass is 903 g/mol. The first kappa shape index (κ1) is 49.4. The lowest BCUT2D eigenvalue weighted by atomic mass is 9.82. The maximum Gasteiger partial charge on any atom is 0.110 e. The van der Waals surface area contributed by atoms with Crippen LogP contribution in [0.15, 0.2) is 95.0 Å². The maximum atomic E-state index is 6.43. The summed E-state index contributed by atoms with van der Waals surface area (Å²) >= 11 is 0. The minimum atomic E-state index is -0.0553. The van der Waals surface area contributed by atoms with E-state index in [1.807, 2.05) is 42.6 Å². The summed E-state index contributed by atoms with van der Waals surface area (Å²) in [6.07, 6.45) is 3.51. The Bertz CT molecular complexity index is 3070. The Hall–Kier alpha value is -6.50. The molecule has 2 aromatic heterocycles. The number of aliphatic imine (C=N–C) groups is 2. The fourth-order valence-electron chi connectivity index (χ4n) is 7.89. The smallest absolute Gasteiger partial charge is 0.110 e. The van der Waals surface area contributed by atoms with Gasteiger partial charge in [0.05, 0.1) is 34.3 Å². The van der Waals surface area contributed by atoms with Crippen molar-refractivity contribution in [3.63, 3.8) is 0 Å². The number of nitrogens with one attached hydrogen (secondary N) is 2. The number of hydrogen-bond donors (Lipinski definition) is 4. The Morgan fingerprint density at radius 2 is 0.971 bits per heavy atom. The van der Waals surface area contributed by atoms with Gasteiger partial charge in [-0.2, -0.15) is 0 Å². The average Bonchev–Trinajstić information content (AvgIpc) is 4.10. The van der Waals surface area contributed by atoms with Gasteiger partial charge in [0.1, 0.15) is 11.6 Å². The molecule has 0 saturated carbocycles. The predicted octanol–water partition coefficient (Wildman–Crippen LogP) is 12.7. The first-order valence-electron chi connectivity index (χ1n) is 23.9. The van der Waals surface area contributed by atoms with E-state index in [-0.39, 0.29) is 33.7 Å². The van der Waals surface area contributed by atoms with Gasteiger partial charge in [-0.15, -0.1) is 0 Å². The van der Waals surface area contributed by atoms with Crippen LogP contribution >= 0.6 is 0 Å². The number of benzene rings is 4. The molecule has 6 aromatic rings. The van der Waals surface area contributed by atoms with Gasteiger partial charge in [-0.05, 0) is 117 Å². The lowest BCUT2D eigenvalue weighted by molar-refractivity contribution is 0.329. The molecule has 8 heteroatoms. The molecule has 0 fully saturated rings. The second-order valence-corrected chi connectivity index (χ2v) is 23.0. The van der Waals surface area contributed by atoms with Crippen LogP contribution in [-0.4, -0.2) is 43.4 Å². The van der Waals surface area contributed by atoms with Crippen molar-refractivity contribution in [3.05, 3.63) is 130 Å². The van der Waals surface area contributed by atoms with Crippen LogP contribution < -0.4 is 11.5 Å². The Balaban J connectivity index is 0.000000201. The molecule has 0 saturated heterocycles. The number of H-pyrrole nitrogens is 2.